The predicted octanol–water partition coefficient (Wildman–Crippen LogP) is 3.37. The molecule has 1 rings (SSSR count). The Balaban J connectivity index is 2.53. The monoisotopic (exact) mass is 752 g/mol. The number of rotatable bonds is 30. The van der Waals surface area contributed by atoms with Gasteiger partial charge in [0, 0.05) is 77.0 Å². The summed E-state index contributed by atoms with van der Waals surface area (Å²) < 4.78 is 20.8. The molecule has 0 aromatic rings. The van der Waals surface area contributed by atoms with Crippen LogP contribution in [0.1, 0.15) is 90.9 Å². The summed E-state index contributed by atoms with van der Waals surface area (Å²) in [6, 6.07) is 0.815. The zero-order valence-corrected chi connectivity index (χ0v) is 32.9. The van der Waals surface area contributed by atoms with Crippen molar-refractivity contribution in [2.24, 2.45) is 0 Å². The van der Waals surface area contributed by atoms with E-state index in [-0.39, 0.29) is 76.0 Å². The molecule has 1 aliphatic rings. The first-order valence-electron chi connectivity index (χ1n) is 19.4. The SMILES string of the molecule is C#CCCOC(=O)CCN(CCCCN1C[C@H](C)N(CCCCN(CCC(=O)OCCC#C)CCC(=O)OCCC#C)C[C@H]1C)CCC(=O)OCCC#C. The Morgan fingerprint density at radius 3 is 1.04 bits per heavy atom. The molecule has 0 radical (unpaired) electrons. The van der Waals surface area contributed by atoms with Gasteiger partial charge in [0.1, 0.15) is 26.4 Å². The molecule has 0 amide bonds. The van der Waals surface area contributed by atoms with Crippen LogP contribution in [0.4, 0.5) is 0 Å². The van der Waals surface area contributed by atoms with Gasteiger partial charge in [-0.25, -0.2) is 0 Å². The first-order valence-corrected chi connectivity index (χ1v) is 19.4. The highest BCUT2D eigenvalue weighted by atomic mass is 16.5. The fraction of sp³-hybridized carbons (Fsp3) is 0.714. The molecule has 12 nitrogen and oxygen atoms in total. The molecule has 0 bridgehead atoms. The topological polar surface area (TPSA) is 118 Å². The Morgan fingerprint density at radius 2 is 0.778 bits per heavy atom. The number of hydrogen-bond acceptors (Lipinski definition) is 12. The Morgan fingerprint density at radius 1 is 0.500 bits per heavy atom. The second kappa shape index (κ2) is 31.3. The second-order valence-corrected chi connectivity index (χ2v) is 13.5. The van der Waals surface area contributed by atoms with Gasteiger partial charge in [-0.1, -0.05) is 0 Å². The van der Waals surface area contributed by atoms with Crippen molar-refractivity contribution in [1.82, 2.24) is 19.6 Å². The lowest BCUT2D eigenvalue weighted by Gasteiger charge is -2.44. The van der Waals surface area contributed by atoms with E-state index in [4.69, 9.17) is 44.6 Å². The van der Waals surface area contributed by atoms with Crippen molar-refractivity contribution in [3.05, 3.63) is 0 Å². The minimum Gasteiger partial charge on any atom is -0.465 e. The van der Waals surface area contributed by atoms with Crippen LogP contribution in [0, 0.1) is 49.4 Å². The van der Waals surface area contributed by atoms with Crippen LogP contribution in [0.5, 0.6) is 0 Å². The lowest BCUT2D eigenvalue weighted by Crippen LogP contribution is -2.56. The van der Waals surface area contributed by atoms with E-state index < -0.39 is 0 Å². The molecule has 1 aliphatic heterocycles. The van der Waals surface area contributed by atoms with E-state index in [1.54, 1.807) is 0 Å². The molecule has 2 atom stereocenters. The molecule has 0 saturated carbocycles. The van der Waals surface area contributed by atoms with Gasteiger partial charge < -0.3 is 28.7 Å². The number of carbonyl (C=O) groups excluding carboxylic acids is 4. The standard InChI is InChI=1S/C42H64N4O8/c1-7-11-31-51-39(47)19-27-43(28-20-40(48)52-32-12-8-2)23-15-17-25-45-35-38(6)46(36-37(45)5)26-18-16-24-44(29-21-41(49)53-33-13-9-3)30-22-42(50)54-34-14-10-4/h1-4,37-38H,11-36H2,5-6H3/t37-,38+. The Bertz CT molecular complexity index is 1090. The van der Waals surface area contributed by atoms with Gasteiger partial charge in [-0.2, -0.15) is 0 Å². The fourth-order valence-corrected chi connectivity index (χ4v) is 6.05. The Kier molecular flexibility index (Phi) is 27.8. The maximum atomic E-state index is 12.2. The molecule has 0 spiro atoms. The van der Waals surface area contributed by atoms with Gasteiger partial charge >= 0.3 is 23.9 Å². The predicted molar refractivity (Wildman–Crippen MR) is 210 cm³/mol. The van der Waals surface area contributed by atoms with Crippen LogP contribution in [0.25, 0.3) is 0 Å². The number of unbranched alkanes of at least 4 members (excludes halogenated alkanes) is 2. The molecule has 1 fully saturated rings. The lowest BCUT2D eigenvalue weighted by molar-refractivity contribution is -0.145. The number of ether oxygens (including phenoxy) is 4. The molecule has 300 valence electrons. The van der Waals surface area contributed by atoms with Crippen molar-refractivity contribution in [1.29, 1.82) is 0 Å². The van der Waals surface area contributed by atoms with E-state index in [1.165, 1.54) is 0 Å². The number of carbonyl (C=O) groups is 4. The van der Waals surface area contributed by atoms with Gasteiger partial charge in [-0.05, 0) is 65.7 Å². The van der Waals surface area contributed by atoms with Crippen molar-refractivity contribution < 1.29 is 38.1 Å². The quantitative estimate of drug-likeness (QED) is 0.0464. The summed E-state index contributed by atoms with van der Waals surface area (Å²) in [5.41, 5.74) is 0. The van der Waals surface area contributed by atoms with Crippen LogP contribution in [-0.4, -0.2) is 147 Å². The lowest BCUT2D eigenvalue weighted by atomic mass is 10.1. The number of nitrogens with zero attached hydrogens (tertiary/aromatic N) is 4. The molecule has 1 heterocycles. The average Bonchev–Trinajstić information content (AvgIpc) is 3.15. The zero-order valence-electron chi connectivity index (χ0n) is 32.9. The third-order valence-electron chi connectivity index (χ3n) is 9.15. The summed E-state index contributed by atoms with van der Waals surface area (Å²) in [4.78, 5) is 58.0. The van der Waals surface area contributed by atoms with Gasteiger partial charge in [0.05, 0.1) is 25.7 Å². The van der Waals surface area contributed by atoms with E-state index in [0.717, 1.165) is 65.0 Å². The number of esters is 4. The molecule has 12 heteroatoms. The third kappa shape index (κ3) is 24.3. The van der Waals surface area contributed by atoms with Crippen LogP contribution >= 0.6 is 0 Å². The molecule has 1 saturated heterocycles. The van der Waals surface area contributed by atoms with Gasteiger partial charge in [0.2, 0.25) is 0 Å². The van der Waals surface area contributed by atoms with Crippen LogP contribution in [0.3, 0.4) is 0 Å². The average molecular weight is 753 g/mol. The van der Waals surface area contributed by atoms with Crippen molar-refractivity contribution in [2.45, 2.75) is 103 Å². The summed E-state index contributed by atoms with van der Waals surface area (Å²) in [6.07, 6.45) is 27.3. The molecular formula is C42H64N4O8. The van der Waals surface area contributed by atoms with Crippen molar-refractivity contribution in [3.63, 3.8) is 0 Å². The van der Waals surface area contributed by atoms with E-state index in [2.05, 4.69) is 57.1 Å². The first-order chi connectivity index (χ1) is 26.1. The summed E-state index contributed by atoms with van der Waals surface area (Å²) in [6.45, 7) is 12.8. The largest absolute Gasteiger partial charge is 0.465 e. The molecule has 54 heavy (non-hydrogen) atoms. The van der Waals surface area contributed by atoms with E-state index in [0.29, 0.717) is 63.9 Å². The normalized spacial score (nSPS) is 15.8. The molecule has 0 aromatic carbocycles. The molecule has 0 aliphatic carbocycles. The molecular weight excluding hydrogens is 688 g/mol. The second-order valence-electron chi connectivity index (χ2n) is 13.5. The fourth-order valence-electron chi connectivity index (χ4n) is 6.05. The minimum absolute atomic E-state index is 0.210. The highest BCUT2D eigenvalue weighted by Gasteiger charge is 2.28. The van der Waals surface area contributed by atoms with Crippen LogP contribution in [0.2, 0.25) is 0 Å². The summed E-state index contributed by atoms with van der Waals surface area (Å²) in [5, 5.41) is 0. The van der Waals surface area contributed by atoms with Gasteiger partial charge in [-0.3, -0.25) is 29.0 Å². The number of piperazine rings is 1. The molecule has 0 unspecified atom stereocenters. The van der Waals surface area contributed by atoms with Crippen molar-refractivity contribution in [3.8, 4) is 49.4 Å². The third-order valence-corrected chi connectivity index (χ3v) is 9.15. The zero-order chi connectivity index (χ0) is 39.8. The highest BCUT2D eigenvalue weighted by Crippen LogP contribution is 2.17. The van der Waals surface area contributed by atoms with Crippen LogP contribution in [0.15, 0.2) is 0 Å². The maximum Gasteiger partial charge on any atom is 0.307 e. The first kappa shape index (κ1) is 48.0. The summed E-state index contributed by atoms with van der Waals surface area (Å²) in [7, 11) is 0. The van der Waals surface area contributed by atoms with Gasteiger partial charge in [0.25, 0.3) is 0 Å². The highest BCUT2D eigenvalue weighted by molar-refractivity contribution is 5.71. The van der Waals surface area contributed by atoms with Crippen LogP contribution < -0.4 is 0 Å². The maximum absolute atomic E-state index is 12.2. The molecule has 0 N–H and O–H groups in total. The van der Waals surface area contributed by atoms with Gasteiger partial charge in [0.15, 0.2) is 0 Å². The van der Waals surface area contributed by atoms with Crippen molar-refractivity contribution >= 4 is 23.9 Å². The van der Waals surface area contributed by atoms with Crippen LogP contribution in [-0.2, 0) is 38.1 Å². The Labute approximate surface area is 325 Å². The number of hydrogen-bond donors (Lipinski definition) is 0. The minimum atomic E-state index is -0.297. The smallest absolute Gasteiger partial charge is 0.307 e. The van der Waals surface area contributed by atoms with E-state index in [1.807, 2.05) is 0 Å². The summed E-state index contributed by atoms with van der Waals surface area (Å²) in [5.74, 6) is 8.65. The van der Waals surface area contributed by atoms with Crippen molar-refractivity contribution in [2.75, 3.05) is 91.9 Å². The van der Waals surface area contributed by atoms with Gasteiger partial charge in [-0.15, -0.1) is 49.4 Å². The number of terminal acetylenes is 4. The molecule has 0 aromatic heterocycles. The summed E-state index contributed by atoms with van der Waals surface area (Å²) >= 11 is 0. The van der Waals surface area contributed by atoms with E-state index >= 15 is 0 Å². The Hall–Kier alpha value is -4.04. The van der Waals surface area contributed by atoms with E-state index in [9.17, 15) is 19.2 Å².